The molecule has 7 nitrogen and oxygen atoms in total. The van der Waals surface area contributed by atoms with Gasteiger partial charge in [0.25, 0.3) is 0 Å². The van der Waals surface area contributed by atoms with Crippen molar-refractivity contribution in [1.82, 2.24) is 15.1 Å². The Hall–Kier alpha value is -2.83. The van der Waals surface area contributed by atoms with E-state index in [2.05, 4.69) is 28.9 Å². The zero-order valence-corrected chi connectivity index (χ0v) is 19.1. The highest BCUT2D eigenvalue weighted by Crippen LogP contribution is 2.31. The molecule has 1 aromatic heterocycles. The number of ether oxygens (including phenoxy) is 2. The van der Waals surface area contributed by atoms with Crippen LogP contribution in [0.25, 0.3) is 11.3 Å². The number of amides is 1. The van der Waals surface area contributed by atoms with Crippen LogP contribution in [-0.2, 0) is 4.79 Å². The monoisotopic (exact) mass is 426 g/mol. The minimum Gasteiger partial charge on any atom is -0.493 e. The average Bonchev–Trinajstić information content (AvgIpc) is 2.83. The topological polar surface area (TPSA) is 67.8 Å². The molecule has 31 heavy (non-hydrogen) atoms. The summed E-state index contributed by atoms with van der Waals surface area (Å²) in [5.41, 5.74) is 1.70. The van der Waals surface area contributed by atoms with Crippen LogP contribution in [0.4, 0.5) is 5.82 Å². The fourth-order valence-electron chi connectivity index (χ4n) is 4.15. The molecule has 1 amide bonds. The lowest BCUT2D eigenvalue weighted by Crippen LogP contribution is -2.50. The van der Waals surface area contributed by atoms with Crippen LogP contribution in [0.3, 0.4) is 0 Å². The van der Waals surface area contributed by atoms with Gasteiger partial charge in [-0.15, -0.1) is 10.2 Å². The SMILES string of the molecule is CCCC(CCC)C(=O)N1CCN(c2ccc(-c3ccc(OC)c(OC)c3)nn2)CC1. The Morgan fingerprint density at radius 2 is 1.61 bits per heavy atom. The number of carbonyl (C=O) groups excluding carboxylic acids is 1. The molecule has 1 aromatic carbocycles. The van der Waals surface area contributed by atoms with Crippen molar-refractivity contribution in [3.8, 4) is 22.8 Å². The maximum Gasteiger partial charge on any atom is 0.225 e. The minimum atomic E-state index is 0.169. The summed E-state index contributed by atoms with van der Waals surface area (Å²) in [6.07, 6.45) is 4.07. The van der Waals surface area contributed by atoms with E-state index in [9.17, 15) is 4.79 Å². The van der Waals surface area contributed by atoms with Crippen molar-refractivity contribution in [3.05, 3.63) is 30.3 Å². The van der Waals surface area contributed by atoms with E-state index in [1.807, 2.05) is 35.2 Å². The number of piperazine rings is 1. The number of rotatable bonds is 9. The van der Waals surface area contributed by atoms with Crippen LogP contribution in [0.1, 0.15) is 39.5 Å². The summed E-state index contributed by atoms with van der Waals surface area (Å²) in [6, 6.07) is 9.67. The Bertz CT molecular complexity index is 842. The second-order valence-electron chi connectivity index (χ2n) is 7.93. The number of methoxy groups -OCH3 is 2. The van der Waals surface area contributed by atoms with Crippen LogP contribution in [0.5, 0.6) is 11.5 Å². The predicted molar refractivity (Wildman–Crippen MR) is 123 cm³/mol. The van der Waals surface area contributed by atoms with Gasteiger partial charge >= 0.3 is 0 Å². The predicted octanol–water partition coefficient (Wildman–Crippen LogP) is 4.03. The number of hydrogen-bond acceptors (Lipinski definition) is 6. The molecule has 0 aliphatic carbocycles. The Morgan fingerprint density at radius 1 is 0.935 bits per heavy atom. The number of hydrogen-bond donors (Lipinski definition) is 0. The molecule has 3 rings (SSSR count). The summed E-state index contributed by atoms with van der Waals surface area (Å²) < 4.78 is 10.7. The zero-order chi connectivity index (χ0) is 22.2. The molecule has 1 aliphatic heterocycles. The Kier molecular flexibility index (Phi) is 8.09. The van der Waals surface area contributed by atoms with Crippen LogP contribution in [0.15, 0.2) is 30.3 Å². The van der Waals surface area contributed by atoms with Crippen molar-refractivity contribution in [2.24, 2.45) is 5.92 Å². The quantitative estimate of drug-likeness (QED) is 0.603. The molecule has 1 saturated heterocycles. The first kappa shape index (κ1) is 22.8. The molecule has 2 heterocycles. The lowest BCUT2D eigenvalue weighted by atomic mass is 9.96. The second-order valence-corrected chi connectivity index (χ2v) is 7.93. The smallest absolute Gasteiger partial charge is 0.225 e. The molecule has 0 bridgehead atoms. The third-order valence-electron chi connectivity index (χ3n) is 5.87. The normalized spacial score (nSPS) is 14.1. The summed E-state index contributed by atoms with van der Waals surface area (Å²) >= 11 is 0. The van der Waals surface area contributed by atoms with Gasteiger partial charge in [0.15, 0.2) is 17.3 Å². The van der Waals surface area contributed by atoms with Crippen molar-refractivity contribution in [1.29, 1.82) is 0 Å². The van der Waals surface area contributed by atoms with Crippen LogP contribution in [0.2, 0.25) is 0 Å². The van der Waals surface area contributed by atoms with Crippen LogP contribution >= 0.6 is 0 Å². The van der Waals surface area contributed by atoms with E-state index >= 15 is 0 Å². The van der Waals surface area contributed by atoms with Gasteiger partial charge in [-0.2, -0.15) is 0 Å². The largest absolute Gasteiger partial charge is 0.493 e. The molecule has 0 saturated carbocycles. The van der Waals surface area contributed by atoms with Crippen LogP contribution in [0, 0.1) is 5.92 Å². The molecule has 168 valence electrons. The van der Waals surface area contributed by atoms with E-state index in [1.54, 1.807) is 14.2 Å². The van der Waals surface area contributed by atoms with Crippen molar-refractivity contribution < 1.29 is 14.3 Å². The van der Waals surface area contributed by atoms with Gasteiger partial charge in [0.1, 0.15) is 0 Å². The number of benzene rings is 1. The first-order valence-corrected chi connectivity index (χ1v) is 11.2. The molecular weight excluding hydrogens is 392 g/mol. The minimum absolute atomic E-state index is 0.169. The highest BCUT2D eigenvalue weighted by atomic mass is 16.5. The molecule has 0 unspecified atom stereocenters. The van der Waals surface area contributed by atoms with Gasteiger partial charge in [0, 0.05) is 37.7 Å². The van der Waals surface area contributed by atoms with Gasteiger partial charge in [-0.05, 0) is 43.2 Å². The van der Waals surface area contributed by atoms with Gasteiger partial charge < -0.3 is 19.3 Å². The fourth-order valence-corrected chi connectivity index (χ4v) is 4.15. The zero-order valence-electron chi connectivity index (χ0n) is 19.1. The summed E-state index contributed by atoms with van der Waals surface area (Å²) in [4.78, 5) is 17.1. The van der Waals surface area contributed by atoms with E-state index in [0.29, 0.717) is 17.4 Å². The molecule has 0 atom stereocenters. The third-order valence-corrected chi connectivity index (χ3v) is 5.87. The maximum atomic E-state index is 12.9. The Morgan fingerprint density at radius 3 is 2.16 bits per heavy atom. The molecule has 0 N–H and O–H groups in total. The number of nitrogens with zero attached hydrogens (tertiary/aromatic N) is 4. The van der Waals surface area contributed by atoms with Gasteiger partial charge in [-0.25, -0.2) is 0 Å². The summed E-state index contributed by atoms with van der Waals surface area (Å²) in [5.74, 6) is 2.68. The lowest BCUT2D eigenvalue weighted by Gasteiger charge is -2.36. The average molecular weight is 427 g/mol. The maximum absolute atomic E-state index is 12.9. The third kappa shape index (κ3) is 5.46. The van der Waals surface area contributed by atoms with E-state index in [0.717, 1.165) is 68.9 Å². The van der Waals surface area contributed by atoms with Crippen molar-refractivity contribution in [2.45, 2.75) is 39.5 Å². The fraction of sp³-hybridized carbons (Fsp3) is 0.542. The van der Waals surface area contributed by atoms with E-state index < -0.39 is 0 Å². The summed E-state index contributed by atoms with van der Waals surface area (Å²) in [6.45, 7) is 7.34. The standard InChI is InChI=1S/C24H34N4O3/c1-5-7-18(8-6-2)24(29)28-15-13-27(14-16-28)23-12-10-20(25-26-23)19-9-11-21(30-3)22(17-19)31-4/h9-12,17-18H,5-8,13-16H2,1-4H3. The molecule has 0 radical (unpaired) electrons. The number of aromatic nitrogens is 2. The first-order chi connectivity index (χ1) is 15.1. The van der Waals surface area contributed by atoms with Crippen molar-refractivity contribution in [3.63, 3.8) is 0 Å². The summed E-state index contributed by atoms with van der Waals surface area (Å²) in [7, 11) is 3.24. The van der Waals surface area contributed by atoms with Crippen molar-refractivity contribution in [2.75, 3.05) is 45.3 Å². The molecule has 1 aliphatic rings. The molecule has 1 fully saturated rings. The van der Waals surface area contributed by atoms with E-state index in [4.69, 9.17) is 9.47 Å². The van der Waals surface area contributed by atoms with Crippen LogP contribution < -0.4 is 14.4 Å². The van der Waals surface area contributed by atoms with E-state index in [-0.39, 0.29) is 5.92 Å². The number of anilines is 1. The second kappa shape index (κ2) is 11.0. The Balaban J connectivity index is 1.62. The highest BCUT2D eigenvalue weighted by molar-refractivity contribution is 5.79. The van der Waals surface area contributed by atoms with Gasteiger partial charge in [0.2, 0.25) is 5.91 Å². The number of carbonyl (C=O) groups is 1. The summed E-state index contributed by atoms with van der Waals surface area (Å²) in [5, 5.41) is 8.86. The van der Waals surface area contributed by atoms with Crippen LogP contribution in [-0.4, -0.2) is 61.4 Å². The van der Waals surface area contributed by atoms with Gasteiger partial charge in [-0.3, -0.25) is 4.79 Å². The molecule has 2 aromatic rings. The van der Waals surface area contributed by atoms with Gasteiger partial charge in [0.05, 0.1) is 19.9 Å². The van der Waals surface area contributed by atoms with Crippen molar-refractivity contribution >= 4 is 11.7 Å². The lowest BCUT2D eigenvalue weighted by molar-refractivity contribution is -0.136. The van der Waals surface area contributed by atoms with E-state index in [1.165, 1.54) is 0 Å². The van der Waals surface area contributed by atoms with Gasteiger partial charge in [-0.1, -0.05) is 26.7 Å². The molecular formula is C24H34N4O3. The highest BCUT2D eigenvalue weighted by Gasteiger charge is 2.27. The molecule has 0 spiro atoms. The Labute approximate surface area is 185 Å². The first-order valence-electron chi connectivity index (χ1n) is 11.2. The molecule has 7 heteroatoms.